The summed E-state index contributed by atoms with van der Waals surface area (Å²) in [5, 5.41) is 3.91. The molecule has 4 nitrogen and oxygen atoms in total. The highest BCUT2D eigenvalue weighted by Gasteiger charge is 2.14. The second-order valence-corrected chi connectivity index (χ2v) is 7.56. The van der Waals surface area contributed by atoms with Gasteiger partial charge in [0.05, 0.1) is 35.9 Å². The lowest BCUT2D eigenvalue weighted by Gasteiger charge is -2.16. The molecule has 3 aromatic rings. The molecule has 0 aromatic heterocycles. The molecule has 3 aromatic carbocycles. The fourth-order valence-corrected chi connectivity index (χ4v) is 3.43. The molecule has 168 valence electrons. The zero-order chi connectivity index (χ0) is 23.3. The summed E-state index contributed by atoms with van der Waals surface area (Å²) in [7, 11) is 1.27. The normalized spacial score (nSPS) is 10.7. The first-order valence-electron chi connectivity index (χ1n) is 9.45. The van der Waals surface area contributed by atoms with Gasteiger partial charge in [-0.05, 0) is 47.5 Å². The van der Waals surface area contributed by atoms with Crippen LogP contribution >= 0.6 is 23.2 Å². The van der Waals surface area contributed by atoms with Gasteiger partial charge in [-0.15, -0.1) is 0 Å². The summed E-state index contributed by atoms with van der Waals surface area (Å²) >= 11 is 12.4. The number of carbonyl (C=O) groups is 1. The van der Waals surface area contributed by atoms with E-state index in [0.29, 0.717) is 38.8 Å². The molecule has 0 amide bonds. The number of esters is 1. The molecule has 0 aliphatic heterocycles. The average molecular weight is 484 g/mol. The molecule has 32 heavy (non-hydrogen) atoms. The highest BCUT2D eigenvalue weighted by molar-refractivity contribution is 6.39. The second kappa shape index (κ2) is 10.6. The van der Waals surface area contributed by atoms with Crippen molar-refractivity contribution in [1.82, 2.24) is 0 Å². The summed E-state index contributed by atoms with van der Waals surface area (Å²) in [4.78, 5) is 11.9. The smallest absolute Gasteiger partial charge is 0.310 e. The van der Waals surface area contributed by atoms with Crippen molar-refractivity contribution in [3.8, 4) is 5.75 Å². The van der Waals surface area contributed by atoms with Crippen LogP contribution in [0.1, 0.15) is 11.1 Å². The summed E-state index contributed by atoms with van der Waals surface area (Å²) in [6.45, 7) is 0.00275. The molecule has 0 heterocycles. The number of benzene rings is 3. The zero-order valence-electron chi connectivity index (χ0n) is 16.9. The third-order valence-electron chi connectivity index (χ3n) is 4.59. The first kappa shape index (κ1) is 23.8. The Labute approximate surface area is 192 Å². The molecule has 3 rings (SSSR count). The third kappa shape index (κ3) is 5.87. The highest BCUT2D eigenvalue weighted by atomic mass is 35.5. The predicted molar refractivity (Wildman–Crippen MR) is 117 cm³/mol. The van der Waals surface area contributed by atoms with E-state index in [1.165, 1.54) is 7.11 Å². The number of carbonyl (C=O) groups excluding carboxylic acids is 1. The Hall–Kier alpha value is -2.90. The number of anilines is 2. The van der Waals surface area contributed by atoms with Gasteiger partial charge in [0.2, 0.25) is 0 Å². The number of ether oxygens (including phenoxy) is 2. The van der Waals surface area contributed by atoms with Gasteiger partial charge in [0.25, 0.3) is 0 Å². The van der Waals surface area contributed by atoms with E-state index < -0.39 is 23.4 Å². The van der Waals surface area contributed by atoms with Crippen molar-refractivity contribution in [1.29, 1.82) is 0 Å². The van der Waals surface area contributed by atoms with Crippen molar-refractivity contribution in [2.45, 2.75) is 12.8 Å². The number of hydrogen-bond donors (Lipinski definition) is 1. The lowest BCUT2D eigenvalue weighted by molar-refractivity contribution is -0.139. The number of hydrogen-bond acceptors (Lipinski definition) is 4. The van der Waals surface area contributed by atoms with Crippen molar-refractivity contribution in [3.05, 3.63) is 87.2 Å². The minimum absolute atomic E-state index is 0.00275. The third-order valence-corrected chi connectivity index (χ3v) is 5.22. The van der Waals surface area contributed by atoms with Crippen LogP contribution in [0.25, 0.3) is 0 Å². The Bertz CT molecular complexity index is 1120. The SMILES string of the molecule is COC(=O)Cc1cc(OCCc2cc(F)c(F)cc2F)ccc1Nc1c(Cl)cccc1Cl. The molecule has 0 spiro atoms. The largest absolute Gasteiger partial charge is 0.493 e. The van der Waals surface area contributed by atoms with E-state index >= 15 is 0 Å². The van der Waals surface area contributed by atoms with Crippen LogP contribution in [0.2, 0.25) is 10.0 Å². The molecule has 0 aliphatic carbocycles. The average Bonchev–Trinajstić information content (AvgIpc) is 2.75. The van der Waals surface area contributed by atoms with Crippen LogP contribution < -0.4 is 10.1 Å². The number of rotatable bonds is 8. The van der Waals surface area contributed by atoms with Gasteiger partial charge in [0.1, 0.15) is 11.6 Å². The summed E-state index contributed by atoms with van der Waals surface area (Å²) in [5.41, 5.74) is 1.57. The van der Waals surface area contributed by atoms with Crippen LogP contribution in [-0.2, 0) is 22.4 Å². The summed E-state index contributed by atoms with van der Waals surface area (Å²) < 4.78 is 50.6. The summed E-state index contributed by atoms with van der Waals surface area (Å²) in [5.74, 6) is -3.31. The first-order valence-corrected chi connectivity index (χ1v) is 10.2. The molecule has 1 N–H and O–H groups in total. The second-order valence-electron chi connectivity index (χ2n) is 6.75. The molecule has 0 atom stereocenters. The van der Waals surface area contributed by atoms with Gasteiger partial charge in [0.15, 0.2) is 11.6 Å². The summed E-state index contributed by atoms with van der Waals surface area (Å²) in [6, 6.07) is 11.3. The van der Waals surface area contributed by atoms with E-state index in [9.17, 15) is 18.0 Å². The van der Waals surface area contributed by atoms with Gasteiger partial charge < -0.3 is 14.8 Å². The Morgan fingerprint density at radius 2 is 1.62 bits per heavy atom. The molecule has 0 saturated carbocycles. The lowest BCUT2D eigenvalue weighted by atomic mass is 10.1. The zero-order valence-corrected chi connectivity index (χ0v) is 18.4. The van der Waals surface area contributed by atoms with E-state index in [4.69, 9.17) is 32.7 Å². The molecular formula is C23H18Cl2F3NO3. The van der Waals surface area contributed by atoms with Crippen molar-refractivity contribution < 1.29 is 27.4 Å². The van der Waals surface area contributed by atoms with Crippen molar-refractivity contribution in [3.63, 3.8) is 0 Å². The Morgan fingerprint density at radius 3 is 2.31 bits per heavy atom. The predicted octanol–water partition coefficient (Wildman–Crippen LogP) is 6.49. The van der Waals surface area contributed by atoms with Gasteiger partial charge >= 0.3 is 5.97 Å². The van der Waals surface area contributed by atoms with Gasteiger partial charge in [-0.1, -0.05) is 29.3 Å². The van der Waals surface area contributed by atoms with Crippen LogP contribution in [0.4, 0.5) is 24.5 Å². The molecule has 0 unspecified atom stereocenters. The van der Waals surface area contributed by atoms with Crippen molar-refractivity contribution in [2.75, 3.05) is 19.0 Å². The maximum absolute atomic E-state index is 13.8. The van der Waals surface area contributed by atoms with Gasteiger partial charge in [-0.3, -0.25) is 4.79 Å². The fourth-order valence-electron chi connectivity index (χ4n) is 2.94. The Balaban J connectivity index is 1.78. The topological polar surface area (TPSA) is 47.6 Å². The van der Waals surface area contributed by atoms with Crippen LogP contribution in [0.5, 0.6) is 5.75 Å². The van der Waals surface area contributed by atoms with Crippen molar-refractivity contribution >= 4 is 40.5 Å². The van der Waals surface area contributed by atoms with E-state index in [0.717, 1.165) is 6.07 Å². The first-order chi connectivity index (χ1) is 15.3. The molecule has 0 bridgehead atoms. The maximum Gasteiger partial charge on any atom is 0.310 e. The molecule has 0 radical (unpaired) electrons. The van der Waals surface area contributed by atoms with Crippen LogP contribution in [0, 0.1) is 17.5 Å². The minimum Gasteiger partial charge on any atom is -0.493 e. The van der Waals surface area contributed by atoms with Crippen LogP contribution in [0.15, 0.2) is 48.5 Å². The minimum atomic E-state index is -1.25. The van der Waals surface area contributed by atoms with Crippen LogP contribution in [-0.4, -0.2) is 19.7 Å². The van der Waals surface area contributed by atoms with E-state index in [1.54, 1.807) is 36.4 Å². The highest BCUT2D eigenvalue weighted by Crippen LogP contribution is 2.34. The van der Waals surface area contributed by atoms with E-state index in [1.807, 2.05) is 0 Å². The van der Waals surface area contributed by atoms with Gasteiger partial charge in [0, 0.05) is 18.2 Å². The van der Waals surface area contributed by atoms with E-state index in [-0.39, 0.29) is 25.0 Å². The van der Waals surface area contributed by atoms with E-state index in [2.05, 4.69) is 5.32 Å². The molecule has 0 saturated heterocycles. The quantitative estimate of drug-likeness (QED) is 0.293. The molecule has 9 heteroatoms. The van der Waals surface area contributed by atoms with Gasteiger partial charge in [-0.25, -0.2) is 13.2 Å². The van der Waals surface area contributed by atoms with Gasteiger partial charge in [-0.2, -0.15) is 0 Å². The fraction of sp³-hybridized carbons (Fsp3) is 0.174. The molecular weight excluding hydrogens is 466 g/mol. The lowest BCUT2D eigenvalue weighted by Crippen LogP contribution is -2.08. The number of para-hydroxylation sites is 1. The maximum atomic E-state index is 13.8. The number of nitrogens with one attached hydrogen (secondary N) is 1. The Morgan fingerprint density at radius 1 is 0.938 bits per heavy atom. The molecule has 0 aliphatic rings. The number of halogens is 5. The standard InChI is InChI=1S/C23H18Cl2F3NO3/c1-31-22(30)11-14-9-15(32-8-7-13-10-19(27)20(28)12-18(13)26)5-6-21(14)29-23-16(24)3-2-4-17(23)25/h2-6,9-10,12,29H,7-8,11H2,1H3. The number of methoxy groups -OCH3 is 1. The molecule has 0 fully saturated rings. The summed E-state index contributed by atoms with van der Waals surface area (Å²) in [6.07, 6.45) is -0.0412. The van der Waals surface area contributed by atoms with Crippen molar-refractivity contribution in [2.24, 2.45) is 0 Å². The monoisotopic (exact) mass is 483 g/mol. The van der Waals surface area contributed by atoms with Crippen LogP contribution in [0.3, 0.4) is 0 Å². The Kier molecular flexibility index (Phi) is 7.88.